The predicted molar refractivity (Wildman–Crippen MR) is 77.4 cm³/mol. The third-order valence-electron chi connectivity index (χ3n) is 4.06. The topological polar surface area (TPSA) is 71.2 Å². The molecule has 1 aromatic rings. The number of aromatic nitrogens is 2. The Bertz CT molecular complexity index is 518. The average molecular weight is 290 g/mol. The maximum absolute atomic E-state index is 12.1. The van der Waals surface area contributed by atoms with Crippen LogP contribution in [0.1, 0.15) is 27.2 Å². The summed E-state index contributed by atoms with van der Waals surface area (Å²) >= 11 is 0. The zero-order valence-corrected chi connectivity index (χ0v) is 12.8. The second-order valence-electron chi connectivity index (χ2n) is 6.27. The zero-order chi connectivity index (χ0) is 15.5. The van der Waals surface area contributed by atoms with Crippen molar-refractivity contribution in [3.8, 4) is 6.07 Å². The highest BCUT2D eigenvalue weighted by Gasteiger charge is 2.31. The van der Waals surface area contributed by atoms with Crippen LogP contribution in [-0.4, -0.2) is 40.5 Å². The molecule has 6 nitrogen and oxygen atoms in total. The first-order chi connectivity index (χ1) is 9.94. The largest absolute Gasteiger partial charge is 0.447 e. The summed E-state index contributed by atoms with van der Waals surface area (Å²) in [6, 6.07) is 4.11. The van der Waals surface area contributed by atoms with E-state index in [1.165, 1.54) is 0 Å². The molecule has 1 amide bonds. The van der Waals surface area contributed by atoms with E-state index in [0.29, 0.717) is 19.0 Å². The number of carbonyl (C=O) groups is 1. The van der Waals surface area contributed by atoms with Crippen molar-refractivity contribution in [2.45, 2.75) is 32.7 Å². The van der Waals surface area contributed by atoms with Crippen LogP contribution in [0.25, 0.3) is 0 Å². The predicted octanol–water partition coefficient (Wildman–Crippen LogP) is 2.24. The third kappa shape index (κ3) is 3.54. The smallest absolute Gasteiger partial charge is 0.409 e. The Hall–Kier alpha value is -2.03. The van der Waals surface area contributed by atoms with Crippen molar-refractivity contribution >= 4 is 6.09 Å². The molecule has 0 N–H and O–H groups in total. The molecule has 0 aliphatic carbocycles. The van der Waals surface area contributed by atoms with E-state index in [-0.39, 0.29) is 18.6 Å². The highest BCUT2D eigenvalue weighted by Crippen LogP contribution is 2.23. The fourth-order valence-electron chi connectivity index (χ4n) is 2.43. The molecule has 0 spiro atoms. The number of nitrogens with zero attached hydrogens (tertiary/aromatic N) is 4. The van der Waals surface area contributed by atoms with E-state index in [0.717, 1.165) is 6.42 Å². The molecule has 6 heteroatoms. The molecule has 0 radical (unpaired) electrons. The summed E-state index contributed by atoms with van der Waals surface area (Å²) in [5.41, 5.74) is -0.392. The van der Waals surface area contributed by atoms with Crippen LogP contribution < -0.4 is 0 Å². The Morgan fingerprint density at radius 2 is 2.33 bits per heavy atom. The molecule has 1 aromatic heterocycles. The Kier molecular flexibility index (Phi) is 4.51. The van der Waals surface area contributed by atoms with E-state index in [1.807, 2.05) is 26.1 Å². The lowest BCUT2D eigenvalue weighted by molar-refractivity contribution is 0.0522. The van der Waals surface area contributed by atoms with Gasteiger partial charge in [0.1, 0.15) is 6.61 Å². The maximum Gasteiger partial charge on any atom is 0.409 e. The van der Waals surface area contributed by atoms with Gasteiger partial charge in [0.25, 0.3) is 0 Å². The number of amides is 1. The first-order valence-electron chi connectivity index (χ1n) is 7.25. The highest BCUT2D eigenvalue weighted by atomic mass is 16.6. The average Bonchev–Trinajstić information content (AvgIpc) is 3.00. The van der Waals surface area contributed by atoms with Gasteiger partial charge < -0.3 is 9.64 Å². The van der Waals surface area contributed by atoms with Crippen molar-refractivity contribution in [3.63, 3.8) is 0 Å². The summed E-state index contributed by atoms with van der Waals surface area (Å²) < 4.78 is 7.19. The molecule has 0 bridgehead atoms. The van der Waals surface area contributed by atoms with E-state index in [1.54, 1.807) is 15.8 Å². The van der Waals surface area contributed by atoms with Crippen molar-refractivity contribution in [3.05, 3.63) is 18.5 Å². The van der Waals surface area contributed by atoms with Gasteiger partial charge in [-0.15, -0.1) is 0 Å². The van der Waals surface area contributed by atoms with Gasteiger partial charge in [-0.1, -0.05) is 6.92 Å². The molecule has 2 rings (SSSR count). The summed E-state index contributed by atoms with van der Waals surface area (Å²) in [7, 11) is 0. The number of hydrogen-bond acceptors (Lipinski definition) is 4. The van der Waals surface area contributed by atoms with Crippen LogP contribution in [0.4, 0.5) is 4.79 Å². The molecule has 21 heavy (non-hydrogen) atoms. The van der Waals surface area contributed by atoms with Crippen LogP contribution in [0.3, 0.4) is 0 Å². The second-order valence-corrected chi connectivity index (χ2v) is 6.27. The molecule has 1 saturated heterocycles. The lowest BCUT2D eigenvalue weighted by Gasteiger charge is -2.34. The minimum Gasteiger partial charge on any atom is -0.447 e. The monoisotopic (exact) mass is 290 g/mol. The maximum atomic E-state index is 12.1. The first kappa shape index (κ1) is 15.4. The van der Waals surface area contributed by atoms with Crippen LogP contribution in [0.2, 0.25) is 0 Å². The number of likely N-dealkylation sites (tertiary alicyclic amines) is 1. The third-order valence-corrected chi connectivity index (χ3v) is 4.06. The standard InChI is InChI=1S/C15H22N4O2/c1-12-5-8-18(10-13(12)9-16)14(20)21-11-15(2,3)19-7-4-6-17-19/h4,6-7,12-13H,5,8,10-11H2,1-3H3. The van der Waals surface area contributed by atoms with E-state index in [9.17, 15) is 4.79 Å². The van der Waals surface area contributed by atoms with Crippen LogP contribution in [-0.2, 0) is 10.3 Å². The SMILES string of the molecule is CC1CCN(C(=O)OCC(C)(C)n2cccn2)CC1C#N. The van der Waals surface area contributed by atoms with Gasteiger partial charge in [-0.3, -0.25) is 4.68 Å². The van der Waals surface area contributed by atoms with E-state index >= 15 is 0 Å². The van der Waals surface area contributed by atoms with Crippen molar-refractivity contribution in [1.29, 1.82) is 5.26 Å². The molecule has 2 unspecified atom stereocenters. The number of ether oxygens (including phenoxy) is 1. The summed E-state index contributed by atoms with van der Waals surface area (Å²) in [6.07, 6.45) is 4.05. The molecule has 1 aliphatic heterocycles. The van der Waals surface area contributed by atoms with Crippen molar-refractivity contribution in [1.82, 2.24) is 14.7 Å². The van der Waals surface area contributed by atoms with Gasteiger partial charge in [0.05, 0.1) is 17.5 Å². The van der Waals surface area contributed by atoms with Crippen LogP contribution in [0.5, 0.6) is 0 Å². The minimum atomic E-state index is -0.392. The normalized spacial score (nSPS) is 22.7. The Morgan fingerprint density at radius 3 is 2.95 bits per heavy atom. The van der Waals surface area contributed by atoms with Gasteiger partial charge in [-0.05, 0) is 32.3 Å². The fourth-order valence-corrected chi connectivity index (χ4v) is 2.43. The van der Waals surface area contributed by atoms with Crippen LogP contribution in [0, 0.1) is 23.2 Å². The van der Waals surface area contributed by atoms with E-state index in [2.05, 4.69) is 18.1 Å². The van der Waals surface area contributed by atoms with Gasteiger partial charge in [0.2, 0.25) is 0 Å². The molecule has 1 fully saturated rings. The van der Waals surface area contributed by atoms with Gasteiger partial charge >= 0.3 is 6.09 Å². The van der Waals surface area contributed by atoms with Crippen LogP contribution >= 0.6 is 0 Å². The van der Waals surface area contributed by atoms with Crippen molar-refractivity contribution in [2.24, 2.45) is 11.8 Å². The molecule has 0 saturated carbocycles. The lowest BCUT2D eigenvalue weighted by Crippen LogP contribution is -2.44. The lowest BCUT2D eigenvalue weighted by atomic mass is 9.88. The Balaban J connectivity index is 1.89. The minimum absolute atomic E-state index is 0.106. The number of hydrogen-bond donors (Lipinski definition) is 0. The summed E-state index contributed by atoms with van der Waals surface area (Å²) in [5.74, 6) is 0.227. The Labute approximate surface area is 125 Å². The molecule has 0 aromatic carbocycles. The number of piperidine rings is 1. The van der Waals surface area contributed by atoms with Gasteiger partial charge in [-0.2, -0.15) is 10.4 Å². The number of nitriles is 1. The first-order valence-corrected chi connectivity index (χ1v) is 7.25. The number of carbonyl (C=O) groups excluding carboxylic acids is 1. The van der Waals surface area contributed by atoms with Crippen LogP contribution in [0.15, 0.2) is 18.5 Å². The number of rotatable bonds is 3. The van der Waals surface area contributed by atoms with E-state index < -0.39 is 5.54 Å². The highest BCUT2D eigenvalue weighted by molar-refractivity contribution is 5.67. The molecular formula is C15H22N4O2. The molecular weight excluding hydrogens is 268 g/mol. The summed E-state index contributed by atoms with van der Waals surface area (Å²) in [6.45, 7) is 7.33. The van der Waals surface area contributed by atoms with Gasteiger partial charge in [0.15, 0.2) is 0 Å². The zero-order valence-electron chi connectivity index (χ0n) is 12.8. The molecule has 114 valence electrons. The quantitative estimate of drug-likeness (QED) is 0.856. The molecule has 1 aliphatic rings. The second kappa shape index (κ2) is 6.17. The van der Waals surface area contributed by atoms with Gasteiger partial charge in [0, 0.05) is 25.5 Å². The summed E-state index contributed by atoms with van der Waals surface area (Å²) in [5, 5.41) is 13.3. The van der Waals surface area contributed by atoms with Gasteiger partial charge in [-0.25, -0.2) is 4.79 Å². The van der Waals surface area contributed by atoms with Crippen molar-refractivity contribution in [2.75, 3.05) is 19.7 Å². The fraction of sp³-hybridized carbons (Fsp3) is 0.667. The molecule has 2 atom stereocenters. The van der Waals surface area contributed by atoms with Crippen molar-refractivity contribution < 1.29 is 9.53 Å². The van der Waals surface area contributed by atoms with E-state index in [4.69, 9.17) is 10.00 Å². The Morgan fingerprint density at radius 1 is 1.57 bits per heavy atom. The molecule has 2 heterocycles. The summed E-state index contributed by atoms with van der Waals surface area (Å²) in [4.78, 5) is 13.8.